The van der Waals surface area contributed by atoms with Gasteiger partial charge in [-0.05, 0) is 23.8 Å². The number of aliphatic hydroxyl groups is 2. The van der Waals surface area contributed by atoms with Gasteiger partial charge in [-0.2, -0.15) is 0 Å². The van der Waals surface area contributed by atoms with Gasteiger partial charge in [0.25, 0.3) is 5.91 Å². The molecule has 0 unspecified atom stereocenters. The van der Waals surface area contributed by atoms with E-state index in [9.17, 15) is 15.0 Å². The Morgan fingerprint density at radius 1 is 1.18 bits per heavy atom. The van der Waals surface area contributed by atoms with Gasteiger partial charge >= 0.3 is 0 Å². The van der Waals surface area contributed by atoms with Crippen LogP contribution in [0.4, 0.5) is 5.69 Å². The lowest BCUT2D eigenvalue weighted by molar-refractivity contribution is -0.140. The van der Waals surface area contributed by atoms with Crippen LogP contribution in [0.1, 0.15) is 11.1 Å². The Labute approximate surface area is 128 Å². The molecule has 0 aromatic heterocycles. The van der Waals surface area contributed by atoms with Crippen LogP contribution < -0.4 is 9.64 Å². The first kappa shape index (κ1) is 14.6. The maximum atomic E-state index is 12.6. The molecule has 0 spiro atoms. The Hall–Kier alpha value is -2.37. The van der Waals surface area contributed by atoms with Crippen molar-refractivity contribution in [3.05, 3.63) is 59.7 Å². The van der Waals surface area contributed by atoms with E-state index in [2.05, 4.69) is 0 Å². The van der Waals surface area contributed by atoms with Gasteiger partial charge < -0.3 is 19.8 Å². The number of hydrogen-bond acceptors (Lipinski definition) is 4. The standard InChI is InChI=1S/C17H17NO4/c1-22-13-7-8-15-14(9-13)17(21,11-19)16(20)18(15)10-12-5-3-2-4-6-12/h2-9,19,21H,10-11H2,1H3/t17-/m0/s1. The van der Waals surface area contributed by atoms with Crippen molar-refractivity contribution in [1.82, 2.24) is 0 Å². The molecule has 5 heteroatoms. The van der Waals surface area contributed by atoms with Gasteiger partial charge in [-0.1, -0.05) is 30.3 Å². The number of amides is 1. The molecule has 1 atom stereocenters. The molecule has 2 aromatic carbocycles. The first-order valence-corrected chi connectivity index (χ1v) is 6.98. The Balaban J connectivity index is 2.05. The van der Waals surface area contributed by atoms with Crippen LogP contribution >= 0.6 is 0 Å². The van der Waals surface area contributed by atoms with Crippen molar-refractivity contribution in [2.24, 2.45) is 0 Å². The first-order valence-electron chi connectivity index (χ1n) is 6.98. The van der Waals surface area contributed by atoms with Gasteiger partial charge in [0.05, 0.1) is 25.9 Å². The molecule has 22 heavy (non-hydrogen) atoms. The molecule has 0 saturated heterocycles. The molecule has 1 aliphatic heterocycles. The number of rotatable bonds is 4. The van der Waals surface area contributed by atoms with Crippen molar-refractivity contribution in [2.45, 2.75) is 12.1 Å². The smallest absolute Gasteiger partial charge is 0.266 e. The Morgan fingerprint density at radius 2 is 1.91 bits per heavy atom. The molecule has 5 nitrogen and oxygen atoms in total. The summed E-state index contributed by atoms with van der Waals surface area (Å²) in [6, 6.07) is 14.5. The molecule has 0 bridgehead atoms. The van der Waals surface area contributed by atoms with Crippen LogP contribution in [0.15, 0.2) is 48.5 Å². The summed E-state index contributed by atoms with van der Waals surface area (Å²) in [5.74, 6) is 0.00194. The minimum absolute atomic E-state index is 0.335. The number of fused-ring (bicyclic) bond motifs is 1. The summed E-state index contributed by atoms with van der Waals surface area (Å²) in [5.41, 5.74) is -0.0140. The average molecular weight is 299 g/mol. The van der Waals surface area contributed by atoms with Gasteiger partial charge in [0.15, 0.2) is 5.60 Å². The highest BCUT2D eigenvalue weighted by Crippen LogP contribution is 2.42. The minimum atomic E-state index is -1.92. The van der Waals surface area contributed by atoms with E-state index in [1.54, 1.807) is 18.2 Å². The van der Waals surface area contributed by atoms with E-state index >= 15 is 0 Å². The zero-order valence-corrected chi connectivity index (χ0v) is 12.2. The van der Waals surface area contributed by atoms with Crippen LogP contribution in [-0.4, -0.2) is 29.8 Å². The normalized spacial score (nSPS) is 20.1. The molecule has 1 amide bonds. The van der Waals surface area contributed by atoms with Gasteiger partial charge in [-0.25, -0.2) is 0 Å². The second-order valence-electron chi connectivity index (χ2n) is 5.28. The number of nitrogens with zero attached hydrogens (tertiary/aromatic N) is 1. The number of carbonyl (C=O) groups is 1. The number of carbonyl (C=O) groups excluding carboxylic acids is 1. The van der Waals surface area contributed by atoms with Crippen LogP contribution in [0.25, 0.3) is 0 Å². The Morgan fingerprint density at radius 3 is 2.55 bits per heavy atom. The number of ether oxygens (including phenoxy) is 1. The molecule has 1 heterocycles. The molecule has 0 aliphatic carbocycles. The summed E-state index contributed by atoms with van der Waals surface area (Å²) in [6.07, 6.45) is 0. The summed E-state index contributed by atoms with van der Waals surface area (Å²) in [4.78, 5) is 14.1. The molecule has 2 aromatic rings. The minimum Gasteiger partial charge on any atom is -0.497 e. The summed E-state index contributed by atoms with van der Waals surface area (Å²) in [6.45, 7) is -0.335. The molecule has 2 N–H and O–H groups in total. The fraction of sp³-hybridized carbons (Fsp3) is 0.235. The number of hydrogen-bond donors (Lipinski definition) is 2. The molecular weight excluding hydrogens is 282 g/mol. The zero-order valence-electron chi connectivity index (χ0n) is 12.2. The van der Waals surface area contributed by atoms with Crippen LogP contribution in [0.3, 0.4) is 0 Å². The Kier molecular flexibility index (Phi) is 3.60. The lowest BCUT2D eigenvalue weighted by atomic mass is 9.96. The van der Waals surface area contributed by atoms with Crippen molar-refractivity contribution in [1.29, 1.82) is 0 Å². The first-order chi connectivity index (χ1) is 10.6. The van der Waals surface area contributed by atoms with E-state index in [1.807, 2.05) is 30.3 Å². The highest BCUT2D eigenvalue weighted by molar-refractivity contribution is 6.07. The fourth-order valence-corrected chi connectivity index (χ4v) is 2.73. The maximum absolute atomic E-state index is 12.6. The van der Waals surface area contributed by atoms with Crippen molar-refractivity contribution in [3.63, 3.8) is 0 Å². The molecule has 0 saturated carbocycles. The molecule has 114 valence electrons. The largest absolute Gasteiger partial charge is 0.497 e. The maximum Gasteiger partial charge on any atom is 0.266 e. The number of aliphatic hydroxyl groups excluding tert-OH is 1. The van der Waals surface area contributed by atoms with Crippen LogP contribution in [0.5, 0.6) is 5.75 Å². The van der Waals surface area contributed by atoms with Gasteiger partial charge in [0.2, 0.25) is 0 Å². The SMILES string of the molecule is COc1ccc2c(c1)[C@@](O)(CO)C(=O)N2Cc1ccccc1. The van der Waals surface area contributed by atoms with Crippen molar-refractivity contribution >= 4 is 11.6 Å². The fourth-order valence-electron chi connectivity index (χ4n) is 2.73. The number of methoxy groups -OCH3 is 1. The van der Waals surface area contributed by atoms with Gasteiger partial charge in [0, 0.05) is 5.56 Å². The van der Waals surface area contributed by atoms with Crippen molar-refractivity contribution in [2.75, 3.05) is 18.6 Å². The third-order valence-electron chi connectivity index (χ3n) is 3.95. The topological polar surface area (TPSA) is 70.0 Å². The van der Waals surface area contributed by atoms with E-state index in [-0.39, 0.29) is 0 Å². The van der Waals surface area contributed by atoms with Crippen LogP contribution in [-0.2, 0) is 16.9 Å². The third kappa shape index (κ3) is 2.15. The quantitative estimate of drug-likeness (QED) is 0.896. The van der Waals surface area contributed by atoms with Crippen LogP contribution in [0, 0.1) is 0 Å². The van der Waals surface area contributed by atoms with Gasteiger partial charge in [0.1, 0.15) is 5.75 Å². The van der Waals surface area contributed by atoms with E-state index < -0.39 is 18.1 Å². The lowest BCUT2D eigenvalue weighted by Gasteiger charge is -2.21. The average Bonchev–Trinajstić information content (AvgIpc) is 2.78. The van der Waals surface area contributed by atoms with Crippen LogP contribution in [0.2, 0.25) is 0 Å². The predicted molar refractivity (Wildman–Crippen MR) is 81.6 cm³/mol. The zero-order chi connectivity index (χ0) is 15.7. The summed E-state index contributed by atoms with van der Waals surface area (Å²) in [7, 11) is 1.51. The van der Waals surface area contributed by atoms with Gasteiger partial charge in [-0.15, -0.1) is 0 Å². The molecule has 1 aliphatic rings. The van der Waals surface area contributed by atoms with Crippen molar-refractivity contribution < 1.29 is 19.7 Å². The van der Waals surface area contributed by atoms with E-state index in [1.165, 1.54) is 12.0 Å². The summed E-state index contributed by atoms with van der Waals surface area (Å²) in [5, 5.41) is 20.1. The second-order valence-corrected chi connectivity index (χ2v) is 5.28. The van der Waals surface area contributed by atoms with E-state index in [4.69, 9.17) is 4.74 Å². The van der Waals surface area contributed by atoms with E-state index in [0.717, 1.165) is 5.56 Å². The number of benzene rings is 2. The lowest BCUT2D eigenvalue weighted by Crippen LogP contribution is -2.42. The Bertz CT molecular complexity index is 701. The highest BCUT2D eigenvalue weighted by Gasteiger charge is 2.49. The van der Waals surface area contributed by atoms with Crippen molar-refractivity contribution in [3.8, 4) is 5.75 Å². The predicted octanol–water partition coefficient (Wildman–Crippen LogP) is 1.42. The van der Waals surface area contributed by atoms with E-state index in [0.29, 0.717) is 23.5 Å². The molecule has 3 rings (SSSR count). The molecule has 0 fully saturated rings. The third-order valence-corrected chi connectivity index (χ3v) is 3.95. The van der Waals surface area contributed by atoms with Gasteiger partial charge in [-0.3, -0.25) is 4.79 Å². The summed E-state index contributed by atoms with van der Waals surface area (Å²) >= 11 is 0. The summed E-state index contributed by atoms with van der Waals surface area (Å²) < 4.78 is 5.14. The number of anilines is 1. The molecule has 0 radical (unpaired) electrons. The highest BCUT2D eigenvalue weighted by atomic mass is 16.5. The second kappa shape index (κ2) is 5.44. The monoisotopic (exact) mass is 299 g/mol. The molecular formula is C17H17NO4.